The van der Waals surface area contributed by atoms with Gasteiger partial charge in [0.15, 0.2) is 0 Å². The number of nitrogens with zero attached hydrogens (tertiary/aromatic N) is 3. The van der Waals surface area contributed by atoms with Crippen molar-refractivity contribution in [3.05, 3.63) is 59.3 Å². The standard InChI is InChI=1S/C21H24N4O3.C2HF3O2/c1-14-4-3-5-17(22-14)21(26)24-19-12-25-11-18(15-6-8-28-9-7-15)23-20(25)10-16(19)13-27-2;3-2(4,5)1(6)7/h3-5,10-12,15H,6-9,13H2,1-2H3,(H,24,26);(H,6,7). The number of aryl methyl sites for hydroxylation is 1. The van der Waals surface area contributed by atoms with Crippen LogP contribution in [0.4, 0.5) is 18.9 Å². The Bertz CT molecular complexity index is 1190. The average Bonchev–Trinajstić information content (AvgIpc) is 3.22. The molecule has 1 saturated heterocycles. The number of nitrogens with one attached hydrogen (secondary N) is 1. The summed E-state index contributed by atoms with van der Waals surface area (Å²) in [5, 5.41) is 10.1. The van der Waals surface area contributed by atoms with Gasteiger partial charge in [0.05, 0.1) is 18.0 Å². The first-order chi connectivity index (χ1) is 16.6. The first-order valence-corrected chi connectivity index (χ1v) is 10.7. The van der Waals surface area contributed by atoms with E-state index in [9.17, 15) is 18.0 Å². The number of methoxy groups -OCH3 is 1. The summed E-state index contributed by atoms with van der Waals surface area (Å²) in [7, 11) is 1.64. The predicted octanol–water partition coefficient (Wildman–Crippen LogP) is 3.96. The first kappa shape index (κ1) is 26.1. The van der Waals surface area contributed by atoms with E-state index in [1.165, 1.54) is 0 Å². The van der Waals surface area contributed by atoms with Crippen molar-refractivity contribution < 1.29 is 37.3 Å². The molecule has 4 heterocycles. The molecule has 0 radical (unpaired) electrons. The number of ether oxygens (including phenoxy) is 2. The van der Waals surface area contributed by atoms with Crippen LogP contribution in [-0.4, -0.2) is 57.9 Å². The van der Waals surface area contributed by atoms with Crippen molar-refractivity contribution in [3.8, 4) is 0 Å². The number of pyridine rings is 2. The van der Waals surface area contributed by atoms with Crippen molar-refractivity contribution in [2.45, 2.75) is 38.5 Å². The molecule has 12 heteroatoms. The Hall–Kier alpha value is -3.51. The van der Waals surface area contributed by atoms with E-state index in [0.717, 1.165) is 48.7 Å². The molecular weight excluding hydrogens is 469 g/mol. The largest absolute Gasteiger partial charge is 0.490 e. The van der Waals surface area contributed by atoms with E-state index in [2.05, 4.69) is 10.3 Å². The highest BCUT2D eigenvalue weighted by molar-refractivity contribution is 6.03. The van der Waals surface area contributed by atoms with E-state index < -0.39 is 12.1 Å². The van der Waals surface area contributed by atoms with Gasteiger partial charge in [-0.3, -0.25) is 4.79 Å². The van der Waals surface area contributed by atoms with Crippen LogP contribution < -0.4 is 5.32 Å². The summed E-state index contributed by atoms with van der Waals surface area (Å²) < 4.78 is 44.5. The van der Waals surface area contributed by atoms with E-state index in [1.54, 1.807) is 13.2 Å². The van der Waals surface area contributed by atoms with Crippen molar-refractivity contribution in [2.75, 3.05) is 25.6 Å². The molecule has 9 nitrogen and oxygen atoms in total. The monoisotopic (exact) mass is 494 g/mol. The molecule has 0 saturated carbocycles. The van der Waals surface area contributed by atoms with Crippen molar-refractivity contribution in [1.29, 1.82) is 0 Å². The number of imidazole rings is 1. The van der Waals surface area contributed by atoms with Crippen LogP contribution in [0.5, 0.6) is 0 Å². The molecule has 0 spiro atoms. The van der Waals surface area contributed by atoms with E-state index in [0.29, 0.717) is 23.9 Å². The van der Waals surface area contributed by atoms with Crippen LogP contribution in [0, 0.1) is 6.92 Å². The van der Waals surface area contributed by atoms with Gasteiger partial charge < -0.3 is 24.3 Å². The van der Waals surface area contributed by atoms with Gasteiger partial charge in [0.1, 0.15) is 11.3 Å². The summed E-state index contributed by atoms with van der Waals surface area (Å²) in [6.45, 7) is 3.80. The van der Waals surface area contributed by atoms with Crippen LogP contribution in [0.25, 0.3) is 5.65 Å². The topological polar surface area (TPSA) is 115 Å². The Kier molecular flexibility index (Phi) is 8.41. The second-order valence-electron chi connectivity index (χ2n) is 7.88. The molecule has 0 atom stereocenters. The molecule has 2 N–H and O–H groups in total. The Morgan fingerprint density at radius 2 is 1.91 bits per heavy atom. The third-order valence-electron chi connectivity index (χ3n) is 5.25. The summed E-state index contributed by atoms with van der Waals surface area (Å²) >= 11 is 0. The fourth-order valence-corrected chi connectivity index (χ4v) is 3.53. The van der Waals surface area contributed by atoms with Gasteiger partial charge >= 0.3 is 12.1 Å². The van der Waals surface area contributed by atoms with Crippen LogP contribution in [0.3, 0.4) is 0 Å². The summed E-state index contributed by atoms with van der Waals surface area (Å²) in [6, 6.07) is 7.36. The molecule has 188 valence electrons. The number of hydrogen-bond acceptors (Lipinski definition) is 6. The number of aliphatic carboxylic acids is 1. The molecule has 1 amide bonds. The SMILES string of the molecule is COCc1cc2nc(C3CCOCC3)cn2cc1NC(=O)c1cccc(C)n1.O=C(O)C(F)(F)F. The number of carbonyl (C=O) groups is 2. The fraction of sp³-hybridized carbons (Fsp3) is 0.391. The fourth-order valence-electron chi connectivity index (χ4n) is 3.53. The van der Waals surface area contributed by atoms with Gasteiger partial charge in [0, 0.05) is 49.9 Å². The number of hydrogen-bond donors (Lipinski definition) is 2. The summed E-state index contributed by atoms with van der Waals surface area (Å²) in [5.74, 6) is -2.59. The van der Waals surface area contributed by atoms with Gasteiger partial charge in [0.25, 0.3) is 5.91 Å². The van der Waals surface area contributed by atoms with Crippen molar-refractivity contribution in [1.82, 2.24) is 14.4 Å². The number of rotatable bonds is 5. The maximum atomic E-state index is 12.7. The molecule has 35 heavy (non-hydrogen) atoms. The van der Waals surface area contributed by atoms with Crippen molar-refractivity contribution >= 4 is 23.2 Å². The molecule has 0 unspecified atom stereocenters. The Morgan fingerprint density at radius 3 is 2.51 bits per heavy atom. The van der Waals surface area contributed by atoms with Crippen molar-refractivity contribution in [2.24, 2.45) is 0 Å². The molecule has 4 rings (SSSR count). The second-order valence-corrected chi connectivity index (χ2v) is 7.88. The predicted molar refractivity (Wildman–Crippen MR) is 119 cm³/mol. The van der Waals surface area contributed by atoms with E-state index in [-0.39, 0.29) is 5.91 Å². The molecule has 1 aliphatic rings. The maximum Gasteiger partial charge on any atom is 0.490 e. The molecule has 3 aromatic heterocycles. The minimum atomic E-state index is -5.08. The second kappa shape index (κ2) is 11.3. The molecule has 1 aliphatic heterocycles. The highest BCUT2D eigenvalue weighted by Crippen LogP contribution is 2.28. The number of halogens is 3. The zero-order chi connectivity index (χ0) is 25.6. The lowest BCUT2D eigenvalue weighted by molar-refractivity contribution is -0.192. The number of carboxylic acids is 1. The quantitative estimate of drug-likeness (QED) is 0.552. The maximum absolute atomic E-state index is 12.7. The van der Waals surface area contributed by atoms with Gasteiger partial charge in [-0.2, -0.15) is 13.2 Å². The van der Waals surface area contributed by atoms with Crippen LogP contribution in [0.1, 0.15) is 46.2 Å². The minimum absolute atomic E-state index is 0.245. The third-order valence-corrected chi connectivity index (χ3v) is 5.25. The number of fused-ring (bicyclic) bond motifs is 1. The highest BCUT2D eigenvalue weighted by Gasteiger charge is 2.38. The Balaban J connectivity index is 0.000000429. The lowest BCUT2D eigenvalue weighted by atomic mass is 9.97. The third kappa shape index (κ3) is 6.99. The molecule has 0 bridgehead atoms. The zero-order valence-electron chi connectivity index (χ0n) is 19.1. The number of aromatic nitrogens is 3. The minimum Gasteiger partial charge on any atom is -0.475 e. The summed E-state index contributed by atoms with van der Waals surface area (Å²) in [4.78, 5) is 30.6. The van der Waals surface area contributed by atoms with Gasteiger partial charge in [-0.1, -0.05) is 6.07 Å². The number of amides is 1. The molecule has 3 aromatic rings. The molecular formula is C23H25F3N4O5. The number of carbonyl (C=O) groups excluding carboxylic acids is 1. The molecule has 0 aliphatic carbocycles. The van der Waals surface area contributed by atoms with E-state index in [4.69, 9.17) is 24.4 Å². The Labute approximate surface area is 198 Å². The Morgan fingerprint density at radius 1 is 1.23 bits per heavy atom. The van der Waals surface area contributed by atoms with E-state index in [1.807, 2.05) is 41.9 Å². The van der Waals surface area contributed by atoms with Gasteiger partial charge in [-0.25, -0.2) is 14.8 Å². The smallest absolute Gasteiger partial charge is 0.475 e. The normalized spacial score (nSPS) is 14.3. The molecule has 0 aromatic carbocycles. The summed E-state index contributed by atoms with van der Waals surface area (Å²) in [5.41, 5.74) is 4.67. The van der Waals surface area contributed by atoms with E-state index >= 15 is 0 Å². The van der Waals surface area contributed by atoms with Crippen LogP contribution in [0.2, 0.25) is 0 Å². The average molecular weight is 494 g/mol. The first-order valence-electron chi connectivity index (χ1n) is 10.7. The van der Waals surface area contributed by atoms with Crippen LogP contribution in [0.15, 0.2) is 36.7 Å². The van der Waals surface area contributed by atoms with Crippen LogP contribution >= 0.6 is 0 Å². The van der Waals surface area contributed by atoms with Gasteiger partial charge in [-0.15, -0.1) is 0 Å². The highest BCUT2D eigenvalue weighted by atomic mass is 19.4. The zero-order valence-corrected chi connectivity index (χ0v) is 19.1. The lowest BCUT2D eigenvalue weighted by Crippen LogP contribution is -2.21. The van der Waals surface area contributed by atoms with Gasteiger partial charge in [-0.05, 0) is 38.0 Å². The lowest BCUT2D eigenvalue weighted by Gasteiger charge is -2.19. The number of anilines is 1. The molecule has 1 fully saturated rings. The number of carboxylic acid groups (broad SMARTS) is 1. The van der Waals surface area contributed by atoms with Gasteiger partial charge in [0.2, 0.25) is 0 Å². The summed E-state index contributed by atoms with van der Waals surface area (Å²) in [6.07, 6.45) is 0.824. The van der Waals surface area contributed by atoms with Crippen LogP contribution in [-0.2, 0) is 20.9 Å². The number of alkyl halides is 3. The van der Waals surface area contributed by atoms with Crippen molar-refractivity contribution in [3.63, 3.8) is 0 Å².